The third-order valence-electron chi connectivity index (χ3n) is 3.13. The number of hydrogen-bond donors (Lipinski definition) is 1. The third kappa shape index (κ3) is 3.47. The fourth-order valence-electron chi connectivity index (χ4n) is 2.05. The van der Waals surface area contributed by atoms with Crippen LogP contribution in [0.25, 0.3) is 0 Å². The van der Waals surface area contributed by atoms with Crippen molar-refractivity contribution in [2.45, 2.75) is 32.3 Å². The Morgan fingerprint density at radius 3 is 3.17 bits per heavy atom. The lowest BCUT2D eigenvalue weighted by atomic mass is 10.1. The monoisotopic (exact) mass is 249 g/mol. The molecule has 1 aliphatic rings. The molecule has 98 valence electrons. The number of ether oxygens (including phenoxy) is 2. The van der Waals surface area contributed by atoms with Gasteiger partial charge in [0.1, 0.15) is 5.75 Å². The van der Waals surface area contributed by atoms with Gasteiger partial charge in [-0.25, -0.2) is 0 Å². The van der Waals surface area contributed by atoms with E-state index in [0.717, 1.165) is 37.2 Å². The van der Waals surface area contributed by atoms with Crippen LogP contribution in [-0.4, -0.2) is 30.2 Å². The second-order valence-electron chi connectivity index (χ2n) is 4.49. The number of oxime groups is 1. The molecule has 0 spiro atoms. The van der Waals surface area contributed by atoms with Crippen LogP contribution in [0.2, 0.25) is 0 Å². The fourth-order valence-corrected chi connectivity index (χ4v) is 2.05. The highest BCUT2D eigenvalue weighted by Crippen LogP contribution is 2.18. The van der Waals surface area contributed by atoms with Gasteiger partial charge in [-0.15, -0.1) is 0 Å². The van der Waals surface area contributed by atoms with Crippen molar-refractivity contribution < 1.29 is 14.7 Å². The normalized spacial score (nSPS) is 20.1. The van der Waals surface area contributed by atoms with Gasteiger partial charge >= 0.3 is 0 Å². The molecule has 1 fully saturated rings. The predicted octanol–water partition coefficient (Wildman–Crippen LogP) is 2.83. The van der Waals surface area contributed by atoms with E-state index in [-0.39, 0.29) is 0 Å². The second-order valence-corrected chi connectivity index (χ2v) is 4.49. The van der Waals surface area contributed by atoms with Crippen molar-refractivity contribution in [1.29, 1.82) is 0 Å². The first-order chi connectivity index (χ1) is 8.79. The van der Waals surface area contributed by atoms with Crippen LogP contribution in [0, 0.1) is 0 Å². The molecule has 4 heteroatoms. The van der Waals surface area contributed by atoms with Crippen LogP contribution in [0.15, 0.2) is 29.4 Å². The molecule has 0 aliphatic carbocycles. The molecule has 18 heavy (non-hydrogen) atoms. The lowest BCUT2D eigenvalue weighted by Crippen LogP contribution is -2.10. The molecule has 0 aromatic heterocycles. The maximum Gasteiger partial charge on any atom is 0.119 e. The molecule has 1 unspecified atom stereocenters. The van der Waals surface area contributed by atoms with Crippen molar-refractivity contribution >= 4 is 5.71 Å². The summed E-state index contributed by atoms with van der Waals surface area (Å²) in [7, 11) is 0. The van der Waals surface area contributed by atoms with Crippen molar-refractivity contribution in [1.82, 2.24) is 0 Å². The maximum absolute atomic E-state index is 8.73. The molecular weight excluding hydrogens is 230 g/mol. The van der Waals surface area contributed by atoms with Crippen LogP contribution in [-0.2, 0) is 4.74 Å². The topological polar surface area (TPSA) is 51.1 Å². The van der Waals surface area contributed by atoms with Gasteiger partial charge in [-0.3, -0.25) is 0 Å². The van der Waals surface area contributed by atoms with Crippen LogP contribution < -0.4 is 4.74 Å². The van der Waals surface area contributed by atoms with Gasteiger partial charge in [0, 0.05) is 18.6 Å². The Morgan fingerprint density at radius 2 is 2.44 bits per heavy atom. The molecule has 4 nitrogen and oxygen atoms in total. The Balaban J connectivity index is 1.85. The quantitative estimate of drug-likeness (QED) is 0.496. The molecule has 0 amide bonds. The van der Waals surface area contributed by atoms with Crippen LogP contribution in [0.5, 0.6) is 5.75 Å². The van der Waals surface area contributed by atoms with Crippen molar-refractivity contribution in [3.63, 3.8) is 0 Å². The minimum Gasteiger partial charge on any atom is -0.493 e. The summed E-state index contributed by atoms with van der Waals surface area (Å²) in [4.78, 5) is 0. The van der Waals surface area contributed by atoms with E-state index in [1.165, 1.54) is 0 Å². The SMILES string of the molecule is CC(=NO)c1cccc(OCCC2CCCO2)c1. The summed E-state index contributed by atoms with van der Waals surface area (Å²) in [5, 5.41) is 11.9. The number of rotatable bonds is 5. The summed E-state index contributed by atoms with van der Waals surface area (Å²) < 4.78 is 11.2. The first kappa shape index (κ1) is 12.9. The summed E-state index contributed by atoms with van der Waals surface area (Å²) in [5.74, 6) is 0.800. The van der Waals surface area contributed by atoms with Crippen molar-refractivity contribution in [2.75, 3.05) is 13.2 Å². The maximum atomic E-state index is 8.73. The Kier molecular flexibility index (Phi) is 4.59. The predicted molar refractivity (Wildman–Crippen MR) is 69.5 cm³/mol. The molecule has 0 bridgehead atoms. The Morgan fingerprint density at radius 1 is 1.56 bits per heavy atom. The molecular formula is C14H19NO3. The highest BCUT2D eigenvalue weighted by Gasteiger charge is 2.15. The van der Waals surface area contributed by atoms with Crippen LogP contribution >= 0.6 is 0 Å². The molecule has 1 aliphatic heterocycles. The van der Waals surface area contributed by atoms with Gasteiger partial charge in [0.25, 0.3) is 0 Å². The van der Waals surface area contributed by atoms with E-state index >= 15 is 0 Å². The Labute approximate surface area is 107 Å². The summed E-state index contributed by atoms with van der Waals surface area (Å²) in [5.41, 5.74) is 1.45. The van der Waals surface area contributed by atoms with Gasteiger partial charge in [0.05, 0.1) is 18.4 Å². The standard InChI is InChI=1S/C14H19NO3/c1-11(15-16)12-4-2-5-14(10-12)18-9-7-13-6-3-8-17-13/h2,4-5,10,13,16H,3,6-9H2,1H3. The van der Waals surface area contributed by atoms with E-state index in [4.69, 9.17) is 14.7 Å². The molecule has 1 N–H and O–H groups in total. The lowest BCUT2D eigenvalue weighted by molar-refractivity contribution is 0.0903. The number of nitrogens with zero attached hydrogens (tertiary/aromatic N) is 1. The molecule has 1 aromatic rings. The van der Waals surface area contributed by atoms with Gasteiger partial charge in [-0.2, -0.15) is 0 Å². The van der Waals surface area contributed by atoms with Gasteiger partial charge < -0.3 is 14.7 Å². The average molecular weight is 249 g/mol. The van der Waals surface area contributed by atoms with Crippen LogP contribution in [0.4, 0.5) is 0 Å². The molecule has 1 aromatic carbocycles. The highest BCUT2D eigenvalue weighted by atomic mass is 16.5. The van der Waals surface area contributed by atoms with Gasteiger partial charge in [0.2, 0.25) is 0 Å². The van der Waals surface area contributed by atoms with Crippen molar-refractivity contribution in [3.05, 3.63) is 29.8 Å². The van der Waals surface area contributed by atoms with Crippen molar-refractivity contribution in [2.24, 2.45) is 5.16 Å². The van der Waals surface area contributed by atoms with Gasteiger partial charge in [0.15, 0.2) is 0 Å². The van der Waals surface area contributed by atoms with E-state index in [1.54, 1.807) is 6.92 Å². The van der Waals surface area contributed by atoms with E-state index in [0.29, 0.717) is 18.4 Å². The number of hydrogen-bond acceptors (Lipinski definition) is 4. The second kappa shape index (κ2) is 6.40. The zero-order valence-corrected chi connectivity index (χ0v) is 10.6. The largest absolute Gasteiger partial charge is 0.493 e. The zero-order valence-electron chi connectivity index (χ0n) is 10.6. The summed E-state index contributed by atoms with van der Waals surface area (Å²) in [6.07, 6.45) is 3.58. The minimum atomic E-state index is 0.355. The summed E-state index contributed by atoms with van der Waals surface area (Å²) >= 11 is 0. The number of benzene rings is 1. The van der Waals surface area contributed by atoms with Gasteiger partial charge in [-0.1, -0.05) is 17.3 Å². The van der Waals surface area contributed by atoms with E-state index < -0.39 is 0 Å². The van der Waals surface area contributed by atoms with Crippen LogP contribution in [0.3, 0.4) is 0 Å². The van der Waals surface area contributed by atoms with Crippen LogP contribution in [0.1, 0.15) is 31.7 Å². The first-order valence-electron chi connectivity index (χ1n) is 6.33. The third-order valence-corrected chi connectivity index (χ3v) is 3.13. The van der Waals surface area contributed by atoms with E-state index in [2.05, 4.69) is 5.16 Å². The highest BCUT2D eigenvalue weighted by molar-refractivity contribution is 5.98. The van der Waals surface area contributed by atoms with E-state index in [1.807, 2.05) is 24.3 Å². The molecule has 1 atom stereocenters. The van der Waals surface area contributed by atoms with E-state index in [9.17, 15) is 0 Å². The van der Waals surface area contributed by atoms with Gasteiger partial charge in [-0.05, 0) is 31.9 Å². The molecule has 2 rings (SSSR count). The minimum absolute atomic E-state index is 0.355. The summed E-state index contributed by atoms with van der Waals surface area (Å²) in [6, 6.07) is 7.57. The van der Waals surface area contributed by atoms with Crippen molar-refractivity contribution in [3.8, 4) is 5.75 Å². The zero-order chi connectivity index (χ0) is 12.8. The Bertz CT molecular complexity index is 411. The summed E-state index contributed by atoms with van der Waals surface area (Å²) in [6.45, 7) is 3.29. The Hall–Kier alpha value is -1.55. The average Bonchev–Trinajstić information content (AvgIpc) is 2.91. The lowest BCUT2D eigenvalue weighted by Gasteiger charge is -2.11. The smallest absolute Gasteiger partial charge is 0.119 e. The molecule has 0 saturated carbocycles. The molecule has 1 heterocycles. The molecule has 0 radical (unpaired) electrons. The molecule has 1 saturated heterocycles. The first-order valence-corrected chi connectivity index (χ1v) is 6.33. The fraction of sp³-hybridized carbons (Fsp3) is 0.500.